The number of aromatic nitrogens is 2. The largest absolute Gasteiger partial charge is 0.465 e. The van der Waals surface area contributed by atoms with Crippen LogP contribution in [0.5, 0.6) is 0 Å². The van der Waals surface area contributed by atoms with Crippen LogP contribution in [0.4, 0.5) is 9.52 Å². The van der Waals surface area contributed by atoms with Crippen molar-refractivity contribution >= 4 is 61.8 Å². The summed E-state index contributed by atoms with van der Waals surface area (Å²) < 4.78 is 32.3. The first kappa shape index (κ1) is 27.9. The van der Waals surface area contributed by atoms with Gasteiger partial charge in [-0.05, 0) is 56.5 Å². The predicted octanol–water partition coefficient (Wildman–Crippen LogP) is 7.53. The summed E-state index contributed by atoms with van der Waals surface area (Å²) in [7, 11) is 1.36. The number of nitrogens with zero attached hydrogens (tertiary/aromatic N) is 3. The molecule has 0 radical (unpaired) electrons. The number of alkyl halides is 1. The van der Waals surface area contributed by atoms with E-state index in [1.54, 1.807) is 30.3 Å². The van der Waals surface area contributed by atoms with Crippen LogP contribution in [-0.4, -0.2) is 47.9 Å². The Morgan fingerprint density at radius 2 is 1.93 bits per heavy atom. The summed E-state index contributed by atoms with van der Waals surface area (Å²) in [5, 5.41) is 5.37. The fourth-order valence-corrected chi connectivity index (χ4v) is 7.08. The van der Waals surface area contributed by atoms with E-state index in [1.807, 2.05) is 13.8 Å². The van der Waals surface area contributed by atoms with Crippen molar-refractivity contribution in [3.8, 4) is 11.3 Å². The molecule has 214 valence electrons. The molecule has 1 aliphatic heterocycles. The van der Waals surface area contributed by atoms with Crippen LogP contribution in [0.3, 0.4) is 0 Å². The van der Waals surface area contributed by atoms with Gasteiger partial charge in [0.05, 0.1) is 32.9 Å². The molecule has 4 aromatic rings. The van der Waals surface area contributed by atoms with Gasteiger partial charge in [0, 0.05) is 31.0 Å². The summed E-state index contributed by atoms with van der Waals surface area (Å²) in [6.45, 7) is 4.55. The lowest BCUT2D eigenvalue weighted by molar-refractivity contribution is 0.0210. The van der Waals surface area contributed by atoms with Crippen molar-refractivity contribution < 1.29 is 28.0 Å². The molecule has 6 rings (SSSR count). The molecule has 0 N–H and O–H groups in total. The lowest BCUT2D eigenvalue weighted by Gasteiger charge is -2.37. The van der Waals surface area contributed by atoms with E-state index in [1.165, 1.54) is 18.4 Å². The van der Waals surface area contributed by atoms with Crippen LogP contribution in [0.15, 0.2) is 34.9 Å². The Hall–Kier alpha value is -3.21. The van der Waals surface area contributed by atoms with Crippen molar-refractivity contribution in [2.24, 2.45) is 0 Å². The average molecular weight is 619 g/mol. The van der Waals surface area contributed by atoms with Crippen molar-refractivity contribution in [2.75, 3.05) is 18.6 Å². The first-order valence-electron chi connectivity index (χ1n) is 13.2. The Kier molecular flexibility index (Phi) is 7.20. The summed E-state index contributed by atoms with van der Waals surface area (Å²) in [6.07, 6.45) is 1.13. The number of anilines is 1. The SMILES string of the molecule is COC(=O)c1cc(C)c2nc(N3CC[C@@H](OC(=O)c4c(-c5c(Cl)cccc5Cl)noc4C4(F)CC4)C[C@H]3C)sc2c1. The number of rotatable bonds is 6. The van der Waals surface area contributed by atoms with Crippen LogP contribution < -0.4 is 4.90 Å². The van der Waals surface area contributed by atoms with Crippen LogP contribution in [-0.2, 0) is 15.1 Å². The van der Waals surface area contributed by atoms with Gasteiger partial charge in [-0.2, -0.15) is 0 Å². The molecule has 0 unspecified atom stereocenters. The highest BCUT2D eigenvalue weighted by atomic mass is 35.5. The number of carbonyl (C=O) groups excluding carboxylic acids is 2. The van der Waals surface area contributed by atoms with Crippen molar-refractivity contribution in [3.63, 3.8) is 0 Å². The van der Waals surface area contributed by atoms with Crippen LogP contribution in [0.25, 0.3) is 21.5 Å². The molecule has 1 saturated heterocycles. The fourth-order valence-electron chi connectivity index (χ4n) is 5.29. The lowest BCUT2D eigenvalue weighted by Crippen LogP contribution is -2.44. The number of benzene rings is 2. The van der Waals surface area contributed by atoms with Crippen molar-refractivity contribution in [2.45, 2.75) is 57.3 Å². The molecular formula is C29H26Cl2FN3O5S. The van der Waals surface area contributed by atoms with Gasteiger partial charge in [-0.3, -0.25) is 0 Å². The molecular weight excluding hydrogens is 592 g/mol. The van der Waals surface area contributed by atoms with Gasteiger partial charge < -0.3 is 18.9 Å². The van der Waals surface area contributed by atoms with Gasteiger partial charge in [0.15, 0.2) is 16.6 Å². The van der Waals surface area contributed by atoms with E-state index in [-0.39, 0.29) is 45.9 Å². The van der Waals surface area contributed by atoms with Crippen LogP contribution >= 0.6 is 34.5 Å². The van der Waals surface area contributed by atoms with Gasteiger partial charge in [-0.1, -0.05) is 45.8 Å². The number of hydrogen-bond donors (Lipinski definition) is 0. The fraction of sp³-hybridized carbons (Fsp3) is 0.379. The van der Waals surface area contributed by atoms with Crippen molar-refractivity contribution in [1.29, 1.82) is 0 Å². The molecule has 3 heterocycles. The number of aryl methyl sites for hydroxylation is 1. The molecule has 2 fully saturated rings. The van der Waals surface area contributed by atoms with E-state index in [0.29, 0.717) is 30.5 Å². The van der Waals surface area contributed by atoms with Crippen molar-refractivity contribution in [1.82, 2.24) is 10.1 Å². The minimum Gasteiger partial charge on any atom is -0.465 e. The number of hydrogen-bond acceptors (Lipinski definition) is 9. The summed E-state index contributed by atoms with van der Waals surface area (Å²) in [4.78, 5) is 32.7. The Morgan fingerprint density at radius 3 is 2.59 bits per heavy atom. The minimum absolute atomic E-state index is 0.00197. The molecule has 1 aliphatic carbocycles. The second-order valence-electron chi connectivity index (χ2n) is 10.5. The Morgan fingerprint density at radius 1 is 1.20 bits per heavy atom. The van der Waals surface area contributed by atoms with Crippen LogP contribution in [0, 0.1) is 6.92 Å². The minimum atomic E-state index is -1.76. The Balaban J connectivity index is 1.22. The summed E-state index contributed by atoms with van der Waals surface area (Å²) in [6, 6.07) is 8.48. The van der Waals surface area contributed by atoms with E-state index in [2.05, 4.69) is 10.1 Å². The Labute approximate surface area is 249 Å². The van der Waals surface area contributed by atoms with Crippen molar-refractivity contribution in [3.05, 3.63) is 62.8 Å². The molecule has 12 heteroatoms. The molecule has 2 aromatic carbocycles. The number of ether oxygens (including phenoxy) is 2. The molecule has 41 heavy (non-hydrogen) atoms. The maximum Gasteiger partial charge on any atom is 0.344 e. The first-order chi connectivity index (χ1) is 19.6. The topological polar surface area (TPSA) is 94.8 Å². The third-order valence-electron chi connectivity index (χ3n) is 7.63. The number of methoxy groups -OCH3 is 1. The van der Waals surface area contributed by atoms with Gasteiger partial charge in [0.1, 0.15) is 17.4 Å². The number of thiazole rings is 1. The highest BCUT2D eigenvalue weighted by Crippen LogP contribution is 2.53. The quantitative estimate of drug-likeness (QED) is 0.205. The average Bonchev–Trinajstić information content (AvgIpc) is 3.32. The number of carbonyl (C=O) groups is 2. The van der Waals surface area contributed by atoms with Gasteiger partial charge in [-0.25, -0.2) is 19.0 Å². The van der Waals surface area contributed by atoms with Gasteiger partial charge in [-0.15, -0.1) is 0 Å². The number of piperidine rings is 1. The molecule has 2 aromatic heterocycles. The zero-order valence-corrected chi connectivity index (χ0v) is 24.8. The Bertz CT molecular complexity index is 1660. The van der Waals surface area contributed by atoms with Crippen LogP contribution in [0.1, 0.15) is 64.6 Å². The molecule has 0 amide bonds. The van der Waals surface area contributed by atoms with Gasteiger partial charge in [0.25, 0.3) is 0 Å². The standard InChI is InChI=1S/C29H26Cl2FN3O5S/c1-14-11-16(26(36)38-3)13-20-23(14)33-28(41-20)35-10-7-17(12-15(35)2)39-27(37)22-24(21-18(30)5-4-6-19(21)31)34-40-25(22)29(32)8-9-29/h4-6,11,13,15,17H,7-10,12H2,1-3H3/t15-,17-/m1/s1. The second-order valence-corrected chi connectivity index (χ2v) is 12.3. The maximum atomic E-state index is 15.2. The third-order valence-corrected chi connectivity index (χ3v) is 9.30. The zero-order valence-electron chi connectivity index (χ0n) is 22.5. The summed E-state index contributed by atoms with van der Waals surface area (Å²) in [5.74, 6) is -1.25. The molecule has 0 spiro atoms. The molecule has 8 nitrogen and oxygen atoms in total. The van der Waals surface area contributed by atoms with E-state index in [4.69, 9.17) is 42.2 Å². The molecule has 1 saturated carbocycles. The van der Waals surface area contributed by atoms with E-state index >= 15 is 4.39 Å². The first-order valence-corrected chi connectivity index (χ1v) is 14.8. The van der Waals surface area contributed by atoms with E-state index in [9.17, 15) is 9.59 Å². The highest BCUT2D eigenvalue weighted by molar-refractivity contribution is 7.22. The van der Waals surface area contributed by atoms with Gasteiger partial charge >= 0.3 is 11.9 Å². The third kappa shape index (κ3) is 5.06. The normalized spacial score (nSPS) is 19.8. The predicted molar refractivity (Wildman–Crippen MR) is 155 cm³/mol. The zero-order chi connectivity index (χ0) is 29.1. The van der Waals surface area contributed by atoms with E-state index < -0.39 is 23.7 Å². The van der Waals surface area contributed by atoms with Gasteiger partial charge in [0.2, 0.25) is 0 Å². The van der Waals surface area contributed by atoms with Crippen LogP contribution in [0.2, 0.25) is 10.0 Å². The number of fused-ring (bicyclic) bond motifs is 1. The molecule has 2 aliphatic rings. The maximum absolute atomic E-state index is 15.2. The highest BCUT2D eigenvalue weighted by Gasteiger charge is 2.52. The number of halogens is 3. The molecule has 0 bridgehead atoms. The smallest absolute Gasteiger partial charge is 0.344 e. The van der Waals surface area contributed by atoms with E-state index in [0.717, 1.165) is 20.9 Å². The number of esters is 2. The molecule has 2 atom stereocenters. The summed E-state index contributed by atoms with van der Waals surface area (Å²) in [5.41, 5.74) is 0.753. The summed E-state index contributed by atoms with van der Waals surface area (Å²) >= 11 is 14.3. The monoisotopic (exact) mass is 617 g/mol. The lowest BCUT2D eigenvalue weighted by atomic mass is 10.0. The second kappa shape index (κ2) is 10.6.